The zero-order valence-corrected chi connectivity index (χ0v) is 16.6. The van der Waals surface area contributed by atoms with E-state index in [0.717, 1.165) is 19.1 Å². The van der Waals surface area contributed by atoms with Crippen LogP contribution in [-0.4, -0.2) is 76.5 Å². The average molecular weight is 378 g/mol. The highest BCUT2D eigenvalue weighted by molar-refractivity contribution is 7.88. The smallest absolute Gasteiger partial charge is 0.409 e. The van der Waals surface area contributed by atoms with Crippen molar-refractivity contribution in [2.75, 3.05) is 39.5 Å². The summed E-state index contributed by atoms with van der Waals surface area (Å²) in [5, 5.41) is 6.46. The van der Waals surface area contributed by atoms with E-state index in [9.17, 15) is 13.2 Å². The molecule has 9 nitrogen and oxygen atoms in total. The molecule has 0 aliphatic carbocycles. The number of ether oxygens (including phenoxy) is 1. The zero-order chi connectivity index (χ0) is 19.1. The minimum absolute atomic E-state index is 0.197. The van der Waals surface area contributed by atoms with Gasteiger partial charge in [0.1, 0.15) is 0 Å². The van der Waals surface area contributed by atoms with Crippen LogP contribution >= 0.6 is 0 Å². The van der Waals surface area contributed by atoms with Gasteiger partial charge in [0.05, 0.1) is 12.9 Å². The number of hydrogen-bond donors (Lipinski definition) is 3. The highest BCUT2D eigenvalue weighted by Gasteiger charge is 2.25. The van der Waals surface area contributed by atoms with Crippen molar-refractivity contribution in [1.82, 2.24) is 20.3 Å². The maximum Gasteiger partial charge on any atom is 0.409 e. The molecule has 0 aromatic heterocycles. The van der Waals surface area contributed by atoms with E-state index in [2.05, 4.69) is 20.3 Å². The molecule has 0 bridgehead atoms. The van der Waals surface area contributed by atoms with Gasteiger partial charge in [0, 0.05) is 38.3 Å². The summed E-state index contributed by atoms with van der Waals surface area (Å²) in [7, 11) is -1.62. The molecular formula is C15H31N5O4S. The van der Waals surface area contributed by atoms with Crippen molar-refractivity contribution in [2.24, 2.45) is 4.99 Å². The summed E-state index contributed by atoms with van der Waals surface area (Å²) < 4.78 is 30.4. The van der Waals surface area contributed by atoms with Gasteiger partial charge in [-0.1, -0.05) is 0 Å². The number of nitrogens with zero attached hydrogens (tertiary/aromatic N) is 2. The lowest BCUT2D eigenvalue weighted by Crippen LogP contribution is -2.55. The monoisotopic (exact) mass is 377 g/mol. The Bertz CT molecular complexity index is 568. The summed E-state index contributed by atoms with van der Waals surface area (Å²) >= 11 is 0. The van der Waals surface area contributed by atoms with Crippen molar-refractivity contribution in [3.05, 3.63) is 0 Å². The Kier molecular flexibility index (Phi) is 7.94. The van der Waals surface area contributed by atoms with Gasteiger partial charge in [0.2, 0.25) is 10.0 Å². The number of aliphatic imine (C=N–C) groups is 1. The van der Waals surface area contributed by atoms with Crippen LogP contribution < -0.4 is 15.4 Å². The molecule has 0 spiro atoms. The van der Waals surface area contributed by atoms with Gasteiger partial charge in [0.25, 0.3) is 0 Å². The van der Waals surface area contributed by atoms with Crippen LogP contribution in [0, 0.1) is 0 Å². The van der Waals surface area contributed by atoms with Crippen LogP contribution in [0.3, 0.4) is 0 Å². The van der Waals surface area contributed by atoms with Gasteiger partial charge in [-0.15, -0.1) is 0 Å². The molecule has 0 unspecified atom stereocenters. The third-order valence-corrected chi connectivity index (χ3v) is 4.67. The molecule has 3 N–H and O–H groups in total. The second-order valence-corrected chi connectivity index (χ2v) is 8.54. The van der Waals surface area contributed by atoms with Crippen LogP contribution in [0.1, 0.15) is 33.6 Å². The van der Waals surface area contributed by atoms with Gasteiger partial charge in [0.15, 0.2) is 5.96 Å². The Morgan fingerprint density at radius 1 is 1.32 bits per heavy atom. The molecule has 10 heteroatoms. The first-order valence-corrected chi connectivity index (χ1v) is 10.3. The number of carbonyl (C=O) groups is 1. The molecule has 0 atom stereocenters. The molecule has 0 aromatic rings. The fourth-order valence-electron chi connectivity index (χ4n) is 2.65. The van der Waals surface area contributed by atoms with Crippen molar-refractivity contribution >= 4 is 22.1 Å². The van der Waals surface area contributed by atoms with Gasteiger partial charge in [-0.05, 0) is 33.6 Å². The van der Waals surface area contributed by atoms with Gasteiger partial charge in [-0.25, -0.2) is 17.9 Å². The lowest BCUT2D eigenvalue weighted by molar-refractivity contribution is 0.0963. The van der Waals surface area contributed by atoms with Crippen LogP contribution in [0.25, 0.3) is 0 Å². The largest absolute Gasteiger partial charge is 0.450 e. The van der Waals surface area contributed by atoms with Crippen LogP contribution in [0.15, 0.2) is 4.99 Å². The first-order valence-electron chi connectivity index (χ1n) is 8.44. The quantitative estimate of drug-likeness (QED) is 0.447. The molecule has 1 saturated heterocycles. The molecule has 1 rings (SSSR count). The van der Waals surface area contributed by atoms with Gasteiger partial charge < -0.3 is 20.3 Å². The summed E-state index contributed by atoms with van der Waals surface area (Å²) in [6, 6.07) is 0.197. The molecule has 0 saturated carbocycles. The van der Waals surface area contributed by atoms with Crippen LogP contribution in [0.4, 0.5) is 4.79 Å². The molecule has 1 amide bonds. The van der Waals surface area contributed by atoms with E-state index in [1.807, 2.05) is 0 Å². The Morgan fingerprint density at radius 2 is 1.92 bits per heavy atom. The third-order valence-electron chi connectivity index (χ3n) is 3.74. The molecule has 1 aliphatic rings. The first kappa shape index (κ1) is 21.5. The summed E-state index contributed by atoms with van der Waals surface area (Å²) in [5.41, 5.74) is -0.640. The van der Waals surface area contributed by atoms with Crippen molar-refractivity contribution in [3.8, 4) is 0 Å². The van der Waals surface area contributed by atoms with E-state index in [4.69, 9.17) is 4.74 Å². The normalized spacial score (nSPS) is 17.3. The lowest BCUT2D eigenvalue weighted by Gasteiger charge is -2.33. The molecule has 146 valence electrons. The number of piperidine rings is 1. The van der Waals surface area contributed by atoms with E-state index >= 15 is 0 Å². The molecule has 1 heterocycles. The SMILES string of the molecule is CCOC(=O)N1CCC(NC(=NC)NCC(C)(C)NS(C)(=O)=O)CC1. The fraction of sp³-hybridized carbons (Fsp3) is 0.867. The number of rotatable bonds is 6. The third kappa shape index (κ3) is 8.39. The van der Waals surface area contributed by atoms with Crippen LogP contribution in [0.2, 0.25) is 0 Å². The Hall–Kier alpha value is -1.55. The predicted molar refractivity (Wildman–Crippen MR) is 98.2 cm³/mol. The minimum Gasteiger partial charge on any atom is -0.450 e. The number of sulfonamides is 1. The van der Waals surface area contributed by atoms with Crippen molar-refractivity contribution in [2.45, 2.75) is 45.2 Å². The molecule has 25 heavy (non-hydrogen) atoms. The standard InChI is InChI=1S/C15H31N5O4S/c1-6-24-14(21)20-9-7-12(8-10-20)18-13(16-4)17-11-15(2,3)19-25(5,22)23/h12,19H,6-11H2,1-5H3,(H2,16,17,18). The first-order chi connectivity index (χ1) is 11.6. The second-order valence-electron chi connectivity index (χ2n) is 6.79. The maximum absolute atomic E-state index is 11.7. The van der Waals surface area contributed by atoms with Crippen molar-refractivity contribution < 1.29 is 17.9 Å². The van der Waals surface area contributed by atoms with E-state index in [1.165, 1.54) is 0 Å². The summed E-state index contributed by atoms with van der Waals surface area (Å²) in [4.78, 5) is 17.6. The maximum atomic E-state index is 11.7. The van der Waals surface area contributed by atoms with E-state index in [-0.39, 0.29) is 12.1 Å². The minimum atomic E-state index is -3.28. The highest BCUT2D eigenvalue weighted by atomic mass is 32.2. The average Bonchev–Trinajstić information content (AvgIpc) is 2.50. The Morgan fingerprint density at radius 3 is 2.40 bits per heavy atom. The number of carbonyl (C=O) groups excluding carboxylic acids is 1. The predicted octanol–water partition coefficient (Wildman–Crippen LogP) is 0.100. The number of nitrogens with one attached hydrogen (secondary N) is 3. The molecule has 0 radical (unpaired) electrons. The van der Waals surface area contributed by atoms with E-state index in [1.54, 1.807) is 32.7 Å². The number of likely N-dealkylation sites (tertiary alicyclic amines) is 1. The van der Waals surface area contributed by atoms with Crippen LogP contribution in [-0.2, 0) is 14.8 Å². The molecular weight excluding hydrogens is 346 g/mol. The molecule has 0 aromatic carbocycles. The van der Waals surface area contributed by atoms with Crippen molar-refractivity contribution in [1.29, 1.82) is 0 Å². The van der Waals surface area contributed by atoms with E-state index in [0.29, 0.717) is 32.2 Å². The topological polar surface area (TPSA) is 112 Å². The lowest BCUT2D eigenvalue weighted by atomic mass is 10.1. The molecule has 1 fully saturated rings. The van der Waals surface area contributed by atoms with Gasteiger partial charge in [-0.3, -0.25) is 4.99 Å². The number of hydrogen-bond acceptors (Lipinski definition) is 5. The van der Waals surface area contributed by atoms with Gasteiger partial charge in [-0.2, -0.15) is 0 Å². The Labute approximate surface area is 150 Å². The van der Waals surface area contributed by atoms with Crippen LogP contribution in [0.5, 0.6) is 0 Å². The van der Waals surface area contributed by atoms with E-state index < -0.39 is 15.6 Å². The van der Waals surface area contributed by atoms with Crippen molar-refractivity contribution in [3.63, 3.8) is 0 Å². The highest BCUT2D eigenvalue weighted by Crippen LogP contribution is 2.11. The number of guanidine groups is 1. The Balaban J connectivity index is 2.44. The van der Waals surface area contributed by atoms with Gasteiger partial charge >= 0.3 is 6.09 Å². The zero-order valence-electron chi connectivity index (χ0n) is 15.8. The fourth-order valence-corrected chi connectivity index (χ4v) is 3.73. The number of amides is 1. The second kappa shape index (κ2) is 9.23. The molecule has 1 aliphatic heterocycles. The summed E-state index contributed by atoms with van der Waals surface area (Å²) in [6.45, 7) is 7.43. The summed E-state index contributed by atoms with van der Waals surface area (Å²) in [6.07, 6.45) is 2.46. The summed E-state index contributed by atoms with van der Waals surface area (Å²) in [5.74, 6) is 0.609.